The average molecular weight is 440 g/mol. The molecule has 0 aromatic heterocycles. The fourth-order valence-electron chi connectivity index (χ4n) is 3.18. The third-order valence-electron chi connectivity index (χ3n) is 4.72. The van der Waals surface area contributed by atoms with Crippen LogP contribution in [0.1, 0.15) is 34.0 Å². The number of carbonyl (C=O) groups excluding carboxylic acids is 2. The van der Waals surface area contributed by atoms with Gasteiger partial charge in [-0.1, -0.05) is 42.1 Å². The molecular formula is C21H20F3NO2S2. The lowest BCUT2D eigenvalue weighted by molar-refractivity contribution is -0.171. The normalized spacial score (nSPS) is 15.9. The Bertz CT molecular complexity index is 898. The molecule has 0 amide bonds. The van der Waals surface area contributed by atoms with Crippen LogP contribution in [0.5, 0.6) is 0 Å². The smallest absolute Gasteiger partial charge is 0.293 e. The summed E-state index contributed by atoms with van der Waals surface area (Å²) in [5.41, 5.74) is 3.06. The molecule has 1 aliphatic carbocycles. The minimum absolute atomic E-state index is 0.0528. The highest BCUT2D eigenvalue weighted by molar-refractivity contribution is 8.14. The van der Waals surface area contributed by atoms with Crippen molar-refractivity contribution in [3.63, 3.8) is 0 Å². The molecule has 0 heterocycles. The van der Waals surface area contributed by atoms with Gasteiger partial charge in [-0.15, -0.1) is 0 Å². The number of fused-ring (bicyclic) bond motifs is 1. The zero-order chi connectivity index (χ0) is 21.0. The van der Waals surface area contributed by atoms with E-state index in [9.17, 15) is 22.8 Å². The van der Waals surface area contributed by atoms with Crippen molar-refractivity contribution in [2.24, 2.45) is 5.92 Å². The van der Waals surface area contributed by atoms with E-state index < -0.39 is 12.1 Å². The van der Waals surface area contributed by atoms with Gasteiger partial charge in [0, 0.05) is 23.9 Å². The van der Waals surface area contributed by atoms with Crippen molar-refractivity contribution in [1.29, 1.82) is 0 Å². The number of benzene rings is 2. The number of ketones is 1. The molecule has 0 saturated heterocycles. The summed E-state index contributed by atoms with van der Waals surface area (Å²) in [4.78, 5) is 23.8. The van der Waals surface area contributed by atoms with Crippen molar-refractivity contribution < 1.29 is 22.8 Å². The van der Waals surface area contributed by atoms with Crippen LogP contribution >= 0.6 is 23.7 Å². The number of Topliss-reactive ketones (excluding diaryl/α,β-unsaturated/α-hetero) is 1. The molecular weight excluding hydrogens is 419 g/mol. The maximum atomic E-state index is 12.9. The van der Waals surface area contributed by atoms with Gasteiger partial charge in [-0.2, -0.15) is 13.2 Å². The molecule has 29 heavy (non-hydrogen) atoms. The van der Waals surface area contributed by atoms with Gasteiger partial charge in [-0.25, -0.2) is 0 Å². The van der Waals surface area contributed by atoms with Gasteiger partial charge in [-0.05, 0) is 53.6 Å². The van der Waals surface area contributed by atoms with Crippen LogP contribution in [-0.4, -0.2) is 22.8 Å². The van der Waals surface area contributed by atoms with Gasteiger partial charge in [0.05, 0.1) is 11.7 Å². The summed E-state index contributed by atoms with van der Waals surface area (Å²) in [7, 11) is 0. The van der Waals surface area contributed by atoms with Crippen molar-refractivity contribution in [2.75, 3.05) is 5.75 Å². The first-order valence-corrected chi connectivity index (χ1v) is 10.9. The fraction of sp³-hybridized carbons (Fsp3) is 0.333. The number of halogens is 3. The van der Waals surface area contributed by atoms with Crippen LogP contribution in [0.2, 0.25) is 0 Å². The molecule has 3 rings (SSSR count). The molecule has 8 heteroatoms. The molecule has 2 aromatic rings. The summed E-state index contributed by atoms with van der Waals surface area (Å²) in [6.07, 6.45) is -4.03. The third kappa shape index (κ3) is 6.10. The Kier molecular flexibility index (Phi) is 7.08. The van der Waals surface area contributed by atoms with Crippen molar-refractivity contribution in [3.8, 4) is 0 Å². The first-order chi connectivity index (χ1) is 13.7. The largest absolute Gasteiger partial charge is 0.392 e. The predicted molar refractivity (Wildman–Crippen MR) is 110 cm³/mol. The van der Waals surface area contributed by atoms with E-state index in [4.69, 9.17) is 0 Å². The van der Waals surface area contributed by atoms with Gasteiger partial charge >= 0.3 is 6.18 Å². The Morgan fingerprint density at radius 3 is 2.41 bits per heavy atom. The molecule has 2 aromatic carbocycles. The quantitative estimate of drug-likeness (QED) is 0.473. The number of alkyl halides is 3. The van der Waals surface area contributed by atoms with Crippen LogP contribution < -0.4 is 4.72 Å². The van der Waals surface area contributed by atoms with Gasteiger partial charge < -0.3 is 0 Å². The summed E-state index contributed by atoms with van der Waals surface area (Å²) >= 11 is 2.38. The molecule has 1 unspecified atom stereocenters. The number of thioether (sulfide) groups is 1. The maximum Gasteiger partial charge on any atom is 0.392 e. The van der Waals surface area contributed by atoms with Crippen LogP contribution in [0.25, 0.3) is 0 Å². The Hall–Kier alpha value is -1.77. The number of rotatable bonds is 7. The number of carbonyl (C=O) groups is 2. The lowest BCUT2D eigenvalue weighted by atomic mass is 10.1. The van der Waals surface area contributed by atoms with Crippen molar-refractivity contribution >= 4 is 34.6 Å². The minimum Gasteiger partial charge on any atom is -0.293 e. The van der Waals surface area contributed by atoms with E-state index >= 15 is 0 Å². The first-order valence-electron chi connectivity index (χ1n) is 9.06. The monoisotopic (exact) mass is 439 g/mol. The molecule has 0 spiro atoms. The zero-order valence-electron chi connectivity index (χ0n) is 15.7. The average Bonchev–Trinajstić information content (AvgIpc) is 3.10. The van der Waals surface area contributed by atoms with Gasteiger partial charge in [-0.3, -0.25) is 14.3 Å². The second-order valence-corrected chi connectivity index (χ2v) is 9.02. The molecule has 3 nitrogen and oxygen atoms in total. The van der Waals surface area contributed by atoms with E-state index in [1.165, 1.54) is 18.9 Å². The van der Waals surface area contributed by atoms with Gasteiger partial charge in [0.15, 0.2) is 10.9 Å². The van der Waals surface area contributed by atoms with E-state index in [1.807, 2.05) is 24.3 Å². The Morgan fingerprint density at radius 1 is 1.07 bits per heavy atom. The zero-order valence-corrected chi connectivity index (χ0v) is 17.3. The second-order valence-electron chi connectivity index (χ2n) is 6.90. The van der Waals surface area contributed by atoms with E-state index in [0.717, 1.165) is 33.3 Å². The highest BCUT2D eigenvalue weighted by Crippen LogP contribution is 2.38. The summed E-state index contributed by atoms with van der Waals surface area (Å²) in [6.45, 7) is 1.95. The molecule has 0 aliphatic heterocycles. The van der Waals surface area contributed by atoms with Gasteiger partial charge in [0.25, 0.3) is 0 Å². The van der Waals surface area contributed by atoms with Crippen LogP contribution in [0, 0.1) is 5.92 Å². The van der Waals surface area contributed by atoms with E-state index in [1.54, 1.807) is 18.2 Å². The minimum atomic E-state index is -4.15. The molecule has 0 bridgehead atoms. The van der Waals surface area contributed by atoms with E-state index in [-0.39, 0.29) is 29.5 Å². The fourth-order valence-corrected chi connectivity index (χ4v) is 4.35. The molecule has 1 N–H and O–H groups in total. The van der Waals surface area contributed by atoms with Crippen LogP contribution in [0.15, 0.2) is 47.4 Å². The number of hydrogen-bond donors (Lipinski definition) is 1. The molecule has 154 valence electrons. The predicted octanol–water partition coefficient (Wildman–Crippen LogP) is 5.22. The highest BCUT2D eigenvalue weighted by atomic mass is 32.2. The second kappa shape index (κ2) is 9.36. The van der Waals surface area contributed by atoms with Crippen molar-refractivity contribution in [2.45, 2.75) is 37.4 Å². The van der Waals surface area contributed by atoms with Crippen molar-refractivity contribution in [1.82, 2.24) is 4.72 Å². The van der Waals surface area contributed by atoms with Crippen LogP contribution in [0.4, 0.5) is 13.2 Å². The van der Waals surface area contributed by atoms with E-state index in [0.29, 0.717) is 12.1 Å². The SMILES string of the molecule is CC(=O)SCC(=O)c1ccc(SNCc2ccc3c(c2)CC(C(F)(F)F)C3)cc1. The highest BCUT2D eigenvalue weighted by Gasteiger charge is 2.42. The topological polar surface area (TPSA) is 46.2 Å². The maximum absolute atomic E-state index is 12.9. The number of nitrogens with one attached hydrogen (secondary N) is 1. The molecule has 0 fully saturated rings. The molecule has 0 radical (unpaired) electrons. The Balaban J connectivity index is 1.50. The number of hydrogen-bond acceptors (Lipinski definition) is 5. The van der Waals surface area contributed by atoms with E-state index in [2.05, 4.69) is 4.72 Å². The Labute approximate surface area is 176 Å². The molecule has 1 atom stereocenters. The summed E-state index contributed by atoms with van der Waals surface area (Å²) < 4.78 is 42.0. The standard InChI is InChI=1S/C21H20F3NO2S2/c1-13(26)28-12-20(27)15-4-6-19(7-5-15)29-25-11-14-2-3-16-9-18(21(22,23)24)10-17(16)8-14/h2-8,18,25H,9-12H2,1H3. The Morgan fingerprint density at radius 2 is 1.76 bits per heavy atom. The summed E-state index contributed by atoms with van der Waals surface area (Å²) in [5.74, 6) is -1.23. The van der Waals surface area contributed by atoms with Gasteiger partial charge in [0.1, 0.15) is 0 Å². The lowest BCUT2D eigenvalue weighted by Crippen LogP contribution is -2.22. The summed E-state index contributed by atoms with van der Waals surface area (Å²) in [5, 5.41) is -0.0878. The lowest BCUT2D eigenvalue weighted by Gasteiger charge is -2.12. The first kappa shape index (κ1) is 21.9. The van der Waals surface area contributed by atoms with Crippen LogP contribution in [-0.2, 0) is 24.2 Å². The summed E-state index contributed by atoms with van der Waals surface area (Å²) in [6, 6.07) is 12.6. The van der Waals surface area contributed by atoms with Crippen LogP contribution in [0.3, 0.4) is 0 Å². The van der Waals surface area contributed by atoms with Gasteiger partial charge in [0.2, 0.25) is 0 Å². The third-order valence-corrected chi connectivity index (χ3v) is 6.32. The molecule has 1 aliphatic rings. The molecule has 0 saturated carbocycles. The van der Waals surface area contributed by atoms with Crippen molar-refractivity contribution in [3.05, 3.63) is 64.7 Å².